The number of carbonyl (C=O) groups excluding carboxylic acids is 1. The Bertz CT molecular complexity index is 700. The summed E-state index contributed by atoms with van der Waals surface area (Å²) in [5, 5.41) is 2.90. The summed E-state index contributed by atoms with van der Waals surface area (Å²) in [6.07, 6.45) is 0.882. The minimum Gasteiger partial charge on any atom is -0.496 e. The van der Waals surface area contributed by atoms with Gasteiger partial charge in [0.25, 0.3) is 5.91 Å². The quantitative estimate of drug-likeness (QED) is 0.921. The van der Waals surface area contributed by atoms with Crippen LogP contribution in [-0.2, 0) is 6.42 Å². The molecule has 1 N–H and O–H groups in total. The van der Waals surface area contributed by atoms with E-state index in [0.717, 1.165) is 27.9 Å². The molecule has 1 aliphatic rings. The van der Waals surface area contributed by atoms with Crippen LogP contribution >= 0.6 is 15.9 Å². The van der Waals surface area contributed by atoms with Crippen molar-refractivity contribution in [2.45, 2.75) is 6.42 Å². The lowest BCUT2D eigenvalue weighted by Crippen LogP contribution is -2.12. The van der Waals surface area contributed by atoms with Gasteiger partial charge in [0.15, 0.2) is 0 Å². The second-order valence-corrected chi connectivity index (χ2v) is 5.58. The summed E-state index contributed by atoms with van der Waals surface area (Å²) in [4.78, 5) is 12.3. The monoisotopic (exact) mass is 347 g/mol. The normalized spacial score (nSPS) is 12.5. The SMILES string of the molecule is COc1ccc(C(=O)Nc2ccc3c(c2)CCO3)cc1Br. The van der Waals surface area contributed by atoms with Gasteiger partial charge in [-0.1, -0.05) is 0 Å². The Morgan fingerprint density at radius 2 is 2.14 bits per heavy atom. The van der Waals surface area contributed by atoms with Gasteiger partial charge in [-0.3, -0.25) is 4.79 Å². The Hall–Kier alpha value is -2.01. The number of hydrogen-bond donors (Lipinski definition) is 1. The molecular weight excluding hydrogens is 334 g/mol. The fraction of sp³-hybridized carbons (Fsp3) is 0.188. The second-order valence-electron chi connectivity index (χ2n) is 4.72. The van der Waals surface area contributed by atoms with Crippen LogP contribution in [0.2, 0.25) is 0 Å². The topological polar surface area (TPSA) is 47.6 Å². The summed E-state index contributed by atoms with van der Waals surface area (Å²) < 4.78 is 11.4. The first-order valence-electron chi connectivity index (χ1n) is 6.58. The zero-order chi connectivity index (χ0) is 14.8. The van der Waals surface area contributed by atoms with Crippen molar-refractivity contribution in [2.24, 2.45) is 0 Å². The van der Waals surface area contributed by atoms with E-state index >= 15 is 0 Å². The molecule has 0 radical (unpaired) electrons. The highest BCUT2D eigenvalue weighted by Gasteiger charge is 2.14. The predicted octanol–water partition coefficient (Wildman–Crippen LogP) is 3.64. The first-order chi connectivity index (χ1) is 10.2. The van der Waals surface area contributed by atoms with E-state index in [9.17, 15) is 4.79 Å². The molecule has 0 bridgehead atoms. The minimum absolute atomic E-state index is 0.155. The Morgan fingerprint density at radius 1 is 1.29 bits per heavy atom. The van der Waals surface area contributed by atoms with Gasteiger partial charge in [-0.2, -0.15) is 0 Å². The molecule has 2 aromatic rings. The molecule has 0 aliphatic carbocycles. The van der Waals surface area contributed by atoms with Crippen molar-refractivity contribution in [3.05, 3.63) is 52.0 Å². The van der Waals surface area contributed by atoms with Gasteiger partial charge < -0.3 is 14.8 Å². The van der Waals surface area contributed by atoms with Gasteiger partial charge >= 0.3 is 0 Å². The summed E-state index contributed by atoms with van der Waals surface area (Å²) in [5.74, 6) is 1.44. The van der Waals surface area contributed by atoms with Gasteiger partial charge in [0, 0.05) is 17.7 Å². The molecule has 1 heterocycles. The van der Waals surface area contributed by atoms with Crippen LogP contribution in [0.25, 0.3) is 0 Å². The number of benzene rings is 2. The summed E-state index contributed by atoms with van der Waals surface area (Å²) in [6.45, 7) is 0.707. The maximum absolute atomic E-state index is 12.3. The van der Waals surface area contributed by atoms with Gasteiger partial charge in [0.05, 0.1) is 18.2 Å². The van der Waals surface area contributed by atoms with Crippen molar-refractivity contribution in [2.75, 3.05) is 19.0 Å². The van der Waals surface area contributed by atoms with Crippen LogP contribution in [0.5, 0.6) is 11.5 Å². The fourth-order valence-corrected chi connectivity index (χ4v) is 2.82. The van der Waals surface area contributed by atoms with E-state index in [4.69, 9.17) is 9.47 Å². The third kappa shape index (κ3) is 2.88. The molecule has 0 saturated carbocycles. The van der Waals surface area contributed by atoms with Crippen molar-refractivity contribution in [3.63, 3.8) is 0 Å². The molecule has 0 saturated heterocycles. The first-order valence-corrected chi connectivity index (χ1v) is 7.37. The van der Waals surface area contributed by atoms with Crippen LogP contribution in [0.1, 0.15) is 15.9 Å². The van der Waals surface area contributed by atoms with E-state index in [2.05, 4.69) is 21.2 Å². The molecule has 5 heteroatoms. The molecule has 3 rings (SSSR count). The zero-order valence-electron chi connectivity index (χ0n) is 11.5. The third-order valence-corrected chi connectivity index (χ3v) is 3.98. The highest BCUT2D eigenvalue weighted by Crippen LogP contribution is 2.29. The van der Waals surface area contributed by atoms with Crippen LogP contribution < -0.4 is 14.8 Å². The number of rotatable bonds is 3. The molecule has 1 aliphatic heterocycles. The van der Waals surface area contributed by atoms with E-state index in [1.165, 1.54) is 0 Å². The molecule has 2 aromatic carbocycles. The van der Waals surface area contributed by atoms with Crippen LogP contribution in [0, 0.1) is 0 Å². The summed E-state index contributed by atoms with van der Waals surface area (Å²) in [5.41, 5.74) is 2.47. The van der Waals surface area contributed by atoms with E-state index in [1.54, 1.807) is 25.3 Å². The average molecular weight is 348 g/mol. The number of ether oxygens (including phenoxy) is 2. The number of carbonyl (C=O) groups is 1. The van der Waals surface area contributed by atoms with Gasteiger partial charge in [-0.25, -0.2) is 0 Å². The molecule has 0 unspecified atom stereocenters. The molecule has 0 fully saturated rings. The predicted molar refractivity (Wildman–Crippen MR) is 84.3 cm³/mol. The van der Waals surface area contributed by atoms with Crippen molar-refractivity contribution in [1.82, 2.24) is 0 Å². The standard InChI is InChI=1S/C16H14BrNO3/c1-20-15-4-2-11(9-13(15)17)16(19)18-12-3-5-14-10(8-12)6-7-21-14/h2-5,8-9H,6-7H2,1H3,(H,18,19). The van der Waals surface area contributed by atoms with Crippen molar-refractivity contribution in [3.8, 4) is 11.5 Å². The van der Waals surface area contributed by atoms with Crippen LogP contribution in [0.4, 0.5) is 5.69 Å². The summed E-state index contributed by atoms with van der Waals surface area (Å²) in [7, 11) is 1.59. The zero-order valence-corrected chi connectivity index (χ0v) is 13.1. The number of fused-ring (bicyclic) bond motifs is 1. The Balaban J connectivity index is 1.78. The molecular formula is C16H14BrNO3. The molecule has 21 heavy (non-hydrogen) atoms. The van der Waals surface area contributed by atoms with Crippen LogP contribution in [-0.4, -0.2) is 19.6 Å². The number of nitrogens with one attached hydrogen (secondary N) is 1. The van der Waals surface area contributed by atoms with E-state index in [0.29, 0.717) is 17.9 Å². The maximum atomic E-state index is 12.3. The van der Waals surface area contributed by atoms with E-state index < -0.39 is 0 Å². The minimum atomic E-state index is -0.155. The lowest BCUT2D eigenvalue weighted by molar-refractivity contribution is 0.102. The molecule has 0 spiro atoms. The summed E-state index contributed by atoms with van der Waals surface area (Å²) in [6, 6.07) is 10.9. The third-order valence-electron chi connectivity index (χ3n) is 3.36. The fourth-order valence-electron chi connectivity index (χ4n) is 2.28. The largest absolute Gasteiger partial charge is 0.496 e. The van der Waals surface area contributed by atoms with Gasteiger partial charge in [-0.15, -0.1) is 0 Å². The Kier molecular flexibility index (Phi) is 3.84. The lowest BCUT2D eigenvalue weighted by Gasteiger charge is -2.09. The number of methoxy groups -OCH3 is 1. The molecule has 0 atom stereocenters. The molecule has 108 valence electrons. The number of amides is 1. The van der Waals surface area contributed by atoms with Gasteiger partial charge in [0.2, 0.25) is 0 Å². The van der Waals surface area contributed by atoms with Crippen LogP contribution in [0.15, 0.2) is 40.9 Å². The Labute approximate surface area is 131 Å². The number of anilines is 1. The van der Waals surface area contributed by atoms with Crippen molar-refractivity contribution in [1.29, 1.82) is 0 Å². The molecule has 4 nitrogen and oxygen atoms in total. The summed E-state index contributed by atoms with van der Waals surface area (Å²) >= 11 is 3.38. The van der Waals surface area contributed by atoms with Crippen molar-refractivity contribution < 1.29 is 14.3 Å². The van der Waals surface area contributed by atoms with Crippen LogP contribution in [0.3, 0.4) is 0 Å². The van der Waals surface area contributed by atoms with E-state index in [1.807, 2.05) is 18.2 Å². The number of halogens is 1. The highest BCUT2D eigenvalue weighted by atomic mass is 79.9. The lowest BCUT2D eigenvalue weighted by atomic mass is 10.1. The molecule has 1 amide bonds. The average Bonchev–Trinajstić information content (AvgIpc) is 2.94. The number of hydrogen-bond acceptors (Lipinski definition) is 3. The van der Waals surface area contributed by atoms with Gasteiger partial charge in [-0.05, 0) is 57.9 Å². The Morgan fingerprint density at radius 3 is 2.90 bits per heavy atom. The van der Waals surface area contributed by atoms with Gasteiger partial charge in [0.1, 0.15) is 11.5 Å². The van der Waals surface area contributed by atoms with Crippen molar-refractivity contribution >= 4 is 27.5 Å². The molecule has 0 aromatic heterocycles. The second kappa shape index (κ2) is 5.77. The smallest absolute Gasteiger partial charge is 0.255 e. The highest BCUT2D eigenvalue weighted by molar-refractivity contribution is 9.10. The first kappa shape index (κ1) is 13.9. The maximum Gasteiger partial charge on any atom is 0.255 e. The van der Waals surface area contributed by atoms with E-state index in [-0.39, 0.29) is 5.91 Å².